The fourth-order valence-corrected chi connectivity index (χ4v) is 3.53. The summed E-state index contributed by atoms with van der Waals surface area (Å²) in [5, 5.41) is 0. The minimum Gasteiger partial charge on any atom is -0.486 e. The van der Waals surface area contributed by atoms with Crippen molar-refractivity contribution < 1.29 is 22.3 Å². The molecule has 0 aliphatic carbocycles. The summed E-state index contributed by atoms with van der Waals surface area (Å²) in [4.78, 5) is 2.04. The Morgan fingerprint density at radius 2 is 1.92 bits per heavy atom. The van der Waals surface area contributed by atoms with Crippen LogP contribution in [0.15, 0.2) is 45.9 Å². The second-order valence-electron chi connectivity index (χ2n) is 5.65. The van der Waals surface area contributed by atoms with Crippen LogP contribution in [0.4, 0.5) is 0 Å². The van der Waals surface area contributed by atoms with Crippen molar-refractivity contribution in [2.75, 3.05) is 33.9 Å². The van der Waals surface area contributed by atoms with Crippen molar-refractivity contribution in [2.45, 2.75) is 10.9 Å². The highest BCUT2D eigenvalue weighted by molar-refractivity contribution is 7.89. The van der Waals surface area contributed by atoms with Crippen LogP contribution >= 0.6 is 0 Å². The van der Waals surface area contributed by atoms with Crippen LogP contribution in [-0.4, -0.2) is 47.2 Å². The van der Waals surface area contributed by atoms with E-state index in [2.05, 4.69) is 4.72 Å². The van der Waals surface area contributed by atoms with Gasteiger partial charge in [-0.25, -0.2) is 13.1 Å². The van der Waals surface area contributed by atoms with E-state index in [1.165, 1.54) is 12.1 Å². The molecule has 3 rings (SSSR count). The van der Waals surface area contributed by atoms with Crippen molar-refractivity contribution in [1.29, 1.82) is 0 Å². The molecule has 0 spiro atoms. The Morgan fingerprint density at radius 3 is 2.58 bits per heavy atom. The molecule has 0 saturated heterocycles. The maximum Gasteiger partial charge on any atom is 0.240 e. The van der Waals surface area contributed by atoms with Crippen molar-refractivity contribution in [3.63, 3.8) is 0 Å². The molecule has 1 unspecified atom stereocenters. The number of sulfonamides is 1. The number of benzene rings is 1. The zero-order chi connectivity index (χ0) is 17.2. The van der Waals surface area contributed by atoms with Gasteiger partial charge in [0.1, 0.15) is 19.0 Å². The topological polar surface area (TPSA) is 81.0 Å². The predicted molar refractivity (Wildman–Crippen MR) is 87.8 cm³/mol. The molecule has 1 aromatic heterocycles. The van der Waals surface area contributed by atoms with Crippen LogP contribution in [0.3, 0.4) is 0 Å². The van der Waals surface area contributed by atoms with E-state index in [0.29, 0.717) is 30.5 Å². The van der Waals surface area contributed by atoms with E-state index in [-0.39, 0.29) is 17.5 Å². The van der Waals surface area contributed by atoms with Crippen molar-refractivity contribution in [2.24, 2.45) is 0 Å². The maximum absolute atomic E-state index is 12.6. The number of rotatable bonds is 6. The van der Waals surface area contributed by atoms with Gasteiger partial charge in [0.15, 0.2) is 11.5 Å². The molecule has 24 heavy (non-hydrogen) atoms. The fourth-order valence-electron chi connectivity index (χ4n) is 2.48. The number of likely N-dealkylation sites (N-methyl/N-ethyl adjacent to an activating group) is 1. The van der Waals surface area contributed by atoms with Crippen molar-refractivity contribution in [1.82, 2.24) is 9.62 Å². The first kappa shape index (κ1) is 16.8. The molecule has 7 nitrogen and oxygen atoms in total. The number of furan rings is 1. The van der Waals surface area contributed by atoms with E-state index in [4.69, 9.17) is 13.9 Å². The minimum absolute atomic E-state index is 0.142. The molecule has 0 saturated carbocycles. The van der Waals surface area contributed by atoms with Crippen LogP contribution in [0.25, 0.3) is 0 Å². The summed E-state index contributed by atoms with van der Waals surface area (Å²) in [6.45, 7) is 1.06. The van der Waals surface area contributed by atoms with Crippen LogP contribution in [-0.2, 0) is 10.0 Å². The summed E-state index contributed by atoms with van der Waals surface area (Å²) in [6, 6.07) is 8.00. The quantitative estimate of drug-likeness (QED) is 0.851. The average Bonchev–Trinajstić information content (AvgIpc) is 3.08. The molecule has 130 valence electrons. The van der Waals surface area contributed by atoms with E-state index in [1.807, 2.05) is 25.1 Å². The smallest absolute Gasteiger partial charge is 0.240 e. The summed E-state index contributed by atoms with van der Waals surface area (Å²) in [6.07, 6.45) is 1.57. The normalized spacial score (nSPS) is 15.5. The fraction of sp³-hybridized carbons (Fsp3) is 0.375. The standard InChI is InChI=1S/C16H20N2O5S/c1-18(2)13(14-4-3-7-21-14)11-17-24(19,20)12-5-6-15-16(10-12)23-9-8-22-15/h3-7,10,13,17H,8-9,11H2,1-2H3. The highest BCUT2D eigenvalue weighted by Gasteiger charge is 2.23. The van der Waals surface area contributed by atoms with Crippen LogP contribution < -0.4 is 14.2 Å². The Labute approximate surface area is 141 Å². The van der Waals surface area contributed by atoms with Gasteiger partial charge in [-0.1, -0.05) is 0 Å². The second-order valence-corrected chi connectivity index (χ2v) is 7.42. The highest BCUT2D eigenvalue weighted by atomic mass is 32.2. The third-order valence-corrected chi connectivity index (χ3v) is 5.21. The van der Waals surface area contributed by atoms with E-state index in [1.54, 1.807) is 18.4 Å². The molecule has 0 bridgehead atoms. The Morgan fingerprint density at radius 1 is 1.17 bits per heavy atom. The lowest BCUT2D eigenvalue weighted by Crippen LogP contribution is -2.34. The van der Waals surface area contributed by atoms with Gasteiger partial charge in [-0.3, -0.25) is 4.90 Å². The highest BCUT2D eigenvalue weighted by Crippen LogP contribution is 2.32. The number of nitrogens with one attached hydrogen (secondary N) is 1. The lowest BCUT2D eigenvalue weighted by atomic mass is 10.2. The molecular weight excluding hydrogens is 332 g/mol. The Balaban J connectivity index is 1.76. The van der Waals surface area contributed by atoms with E-state index >= 15 is 0 Å². The first-order chi connectivity index (χ1) is 11.5. The van der Waals surface area contributed by atoms with Gasteiger partial charge in [0.05, 0.1) is 17.2 Å². The van der Waals surface area contributed by atoms with E-state index < -0.39 is 10.0 Å². The average molecular weight is 352 g/mol. The summed E-state index contributed by atoms with van der Waals surface area (Å²) < 4.78 is 44.0. The van der Waals surface area contributed by atoms with Gasteiger partial charge in [-0.15, -0.1) is 0 Å². The van der Waals surface area contributed by atoms with Crippen molar-refractivity contribution >= 4 is 10.0 Å². The predicted octanol–water partition coefficient (Wildman–Crippen LogP) is 1.63. The Kier molecular flexibility index (Phi) is 4.79. The minimum atomic E-state index is -3.67. The largest absolute Gasteiger partial charge is 0.486 e. The molecule has 2 heterocycles. The van der Waals surface area contributed by atoms with Crippen LogP contribution in [0, 0.1) is 0 Å². The van der Waals surface area contributed by atoms with Crippen LogP contribution in [0.1, 0.15) is 11.8 Å². The molecule has 8 heteroatoms. The zero-order valence-corrected chi connectivity index (χ0v) is 14.4. The van der Waals surface area contributed by atoms with E-state index in [0.717, 1.165) is 0 Å². The number of ether oxygens (including phenoxy) is 2. The Hall–Kier alpha value is -2.03. The number of nitrogens with zero attached hydrogens (tertiary/aromatic N) is 1. The molecule has 1 aliphatic rings. The molecule has 0 fully saturated rings. The van der Waals surface area contributed by atoms with Gasteiger partial charge in [-0.2, -0.15) is 0 Å². The van der Waals surface area contributed by atoms with Gasteiger partial charge in [0.2, 0.25) is 10.0 Å². The molecule has 1 aromatic carbocycles. The van der Waals surface area contributed by atoms with Gasteiger partial charge < -0.3 is 13.9 Å². The molecular formula is C16H20N2O5S. The second kappa shape index (κ2) is 6.84. The van der Waals surface area contributed by atoms with Crippen molar-refractivity contribution in [3.8, 4) is 11.5 Å². The summed E-state index contributed by atoms with van der Waals surface area (Å²) in [5.41, 5.74) is 0. The van der Waals surface area contributed by atoms with Crippen molar-refractivity contribution in [3.05, 3.63) is 42.4 Å². The summed E-state index contributed by atoms with van der Waals surface area (Å²) >= 11 is 0. The Bertz CT molecular complexity index is 787. The lowest BCUT2D eigenvalue weighted by molar-refractivity contribution is 0.171. The molecule has 0 amide bonds. The first-order valence-electron chi connectivity index (χ1n) is 7.56. The van der Waals surface area contributed by atoms with Crippen LogP contribution in [0.2, 0.25) is 0 Å². The van der Waals surface area contributed by atoms with Gasteiger partial charge in [0.25, 0.3) is 0 Å². The monoisotopic (exact) mass is 352 g/mol. The maximum atomic E-state index is 12.6. The van der Waals surface area contributed by atoms with Gasteiger partial charge in [-0.05, 0) is 38.4 Å². The SMILES string of the molecule is CN(C)C(CNS(=O)(=O)c1ccc2c(c1)OCCO2)c1ccco1. The summed E-state index contributed by atoms with van der Waals surface area (Å²) in [5.74, 6) is 1.70. The summed E-state index contributed by atoms with van der Waals surface area (Å²) in [7, 11) is 0.0660. The molecule has 1 N–H and O–H groups in total. The molecule has 1 aliphatic heterocycles. The molecule has 2 aromatic rings. The number of fused-ring (bicyclic) bond motifs is 1. The zero-order valence-electron chi connectivity index (χ0n) is 13.6. The third-order valence-electron chi connectivity index (χ3n) is 3.79. The number of hydrogen-bond acceptors (Lipinski definition) is 6. The van der Waals surface area contributed by atoms with Gasteiger partial charge >= 0.3 is 0 Å². The van der Waals surface area contributed by atoms with Gasteiger partial charge in [0, 0.05) is 12.6 Å². The third kappa shape index (κ3) is 3.55. The lowest BCUT2D eigenvalue weighted by Gasteiger charge is -2.23. The van der Waals surface area contributed by atoms with Crippen LogP contribution in [0.5, 0.6) is 11.5 Å². The number of hydrogen-bond donors (Lipinski definition) is 1. The molecule has 1 atom stereocenters. The first-order valence-corrected chi connectivity index (χ1v) is 9.05. The van der Waals surface area contributed by atoms with E-state index in [9.17, 15) is 8.42 Å². The molecule has 0 radical (unpaired) electrons.